The zero-order valence-electron chi connectivity index (χ0n) is 19.4. The Kier molecular flexibility index (Phi) is 9.12. The lowest BCUT2D eigenvalue weighted by atomic mass is 9.99. The summed E-state index contributed by atoms with van der Waals surface area (Å²) in [5, 5.41) is 28.7. The zero-order chi connectivity index (χ0) is 28.6. The van der Waals surface area contributed by atoms with Gasteiger partial charge >= 0.3 is 29.2 Å². The number of H-pyrrole nitrogens is 2. The largest absolute Gasteiger partial charge is 0.490 e. The minimum atomic E-state index is -5.79. The van der Waals surface area contributed by atoms with Crippen LogP contribution < -0.4 is 11.2 Å². The minimum absolute atomic E-state index is 0.0422. The number of ether oxygens (including phenoxy) is 1. The number of aliphatic hydroxyl groups is 2. The van der Waals surface area contributed by atoms with E-state index in [0.29, 0.717) is 5.69 Å². The Labute approximate surface area is 211 Å². The Hall–Kier alpha value is -1.89. The first kappa shape index (κ1) is 30.6. The molecule has 0 spiro atoms. The van der Waals surface area contributed by atoms with Crippen molar-refractivity contribution in [2.24, 2.45) is 0 Å². The van der Waals surface area contributed by atoms with Crippen molar-refractivity contribution in [3.05, 3.63) is 44.0 Å². The van der Waals surface area contributed by atoms with E-state index >= 15 is 0 Å². The molecule has 0 bridgehead atoms. The van der Waals surface area contributed by atoms with Crippen molar-refractivity contribution in [1.29, 1.82) is 0 Å². The third-order valence-corrected chi connectivity index (χ3v) is 8.77. The van der Waals surface area contributed by atoms with E-state index in [1.807, 2.05) is 18.8 Å². The van der Waals surface area contributed by atoms with E-state index in [-0.39, 0.29) is 23.7 Å². The molecule has 23 heteroatoms. The topological polar surface area (TPSA) is 306 Å². The predicted molar refractivity (Wildman–Crippen MR) is 120 cm³/mol. The van der Waals surface area contributed by atoms with Crippen molar-refractivity contribution in [3.63, 3.8) is 0 Å². The van der Waals surface area contributed by atoms with Gasteiger partial charge in [0.15, 0.2) is 0 Å². The van der Waals surface area contributed by atoms with Crippen LogP contribution in [0.25, 0.3) is 0 Å². The average molecular weight is 607 g/mol. The summed E-state index contributed by atoms with van der Waals surface area (Å²) in [7, 11) is -16.9. The van der Waals surface area contributed by atoms with Gasteiger partial charge in [-0.3, -0.25) is 14.3 Å². The molecule has 0 aromatic carbocycles. The molecule has 2 aromatic heterocycles. The molecule has 1 aliphatic heterocycles. The molecule has 3 unspecified atom stereocenters. The number of aliphatic hydroxyl groups excluding tert-OH is 2. The molecule has 0 radical (unpaired) electrons. The average Bonchev–Trinajstić information content (AvgIpc) is 3.29. The van der Waals surface area contributed by atoms with Gasteiger partial charge in [0.05, 0.1) is 17.9 Å². The first-order valence-electron chi connectivity index (χ1n) is 10.4. The second-order valence-electron chi connectivity index (χ2n) is 8.22. The monoisotopic (exact) mass is 607 g/mol. The van der Waals surface area contributed by atoms with Crippen molar-refractivity contribution in [2.45, 2.75) is 50.7 Å². The van der Waals surface area contributed by atoms with E-state index in [2.05, 4.69) is 28.4 Å². The number of hydrogen-bond donors (Lipinski definition) is 8. The summed E-state index contributed by atoms with van der Waals surface area (Å²) in [6, 6.07) is -0.0422. The highest BCUT2D eigenvalue weighted by atomic mass is 31.3. The molecule has 1 fully saturated rings. The van der Waals surface area contributed by atoms with Crippen LogP contribution in [0.5, 0.6) is 0 Å². The number of hydrogen-bond acceptors (Lipinski definition) is 13. The molecule has 20 nitrogen and oxygen atoms in total. The van der Waals surface area contributed by atoms with E-state index in [1.165, 1.54) is 4.68 Å². The van der Waals surface area contributed by atoms with Crippen molar-refractivity contribution in [2.75, 3.05) is 6.61 Å². The summed E-state index contributed by atoms with van der Waals surface area (Å²) in [4.78, 5) is 64.8. The maximum atomic E-state index is 12.6. The molecule has 214 valence electrons. The van der Waals surface area contributed by atoms with Crippen molar-refractivity contribution < 1.29 is 61.4 Å². The Morgan fingerprint density at radius 1 is 1.05 bits per heavy atom. The van der Waals surface area contributed by atoms with E-state index in [1.54, 1.807) is 6.20 Å². The highest BCUT2D eigenvalue weighted by molar-refractivity contribution is 7.66. The molecule has 6 atom stereocenters. The van der Waals surface area contributed by atoms with Crippen molar-refractivity contribution in [1.82, 2.24) is 25.0 Å². The lowest BCUT2D eigenvalue weighted by Crippen LogP contribution is -2.35. The van der Waals surface area contributed by atoms with Gasteiger partial charge in [-0.05, 0) is 13.8 Å². The van der Waals surface area contributed by atoms with Crippen molar-refractivity contribution in [3.8, 4) is 0 Å². The van der Waals surface area contributed by atoms with Crippen LogP contribution in [-0.4, -0.2) is 79.7 Å². The molecule has 38 heavy (non-hydrogen) atoms. The molecule has 3 heterocycles. The van der Waals surface area contributed by atoms with Crippen LogP contribution in [0.2, 0.25) is 0 Å². The number of phosphoric ester groups is 1. The van der Waals surface area contributed by atoms with Gasteiger partial charge in [0, 0.05) is 24.4 Å². The Bertz CT molecular complexity index is 1410. The van der Waals surface area contributed by atoms with Gasteiger partial charge in [0.1, 0.15) is 24.4 Å². The Balaban J connectivity index is 1.79. The number of phosphoric acid groups is 3. The minimum Gasteiger partial charge on any atom is -0.387 e. The standard InChI is InChI=1S/C15H24N5O15P3/c1-6(2)20-4-7(18-19-20)3-8-10(14(23)17-15(24)16-8)13-12(22)11(21)9(33-13)5-32-37(28,29)35-38(30,31)34-36(25,26)27/h4,6,9,11-13,21-22H,3,5H2,1-2H3,(H,28,29)(H,30,31)(H2,25,26,27)(H2,16,17,23,24)/t9-,11?,12+,13+/m1/s1. The van der Waals surface area contributed by atoms with Gasteiger partial charge in [-0.15, -0.1) is 5.10 Å². The van der Waals surface area contributed by atoms with Crippen LogP contribution >= 0.6 is 23.5 Å². The summed E-state index contributed by atoms with van der Waals surface area (Å²) in [6.07, 6.45) is -5.51. The molecular weight excluding hydrogens is 583 g/mol. The number of aromatic amines is 2. The second kappa shape index (κ2) is 11.3. The molecule has 0 amide bonds. The van der Waals surface area contributed by atoms with Gasteiger partial charge in [-0.25, -0.2) is 23.2 Å². The van der Waals surface area contributed by atoms with E-state index in [4.69, 9.17) is 14.5 Å². The molecule has 2 aromatic rings. The van der Waals surface area contributed by atoms with Gasteiger partial charge in [-0.2, -0.15) is 8.62 Å². The highest BCUT2D eigenvalue weighted by Gasteiger charge is 2.47. The molecule has 1 aliphatic rings. The van der Waals surface area contributed by atoms with Gasteiger partial charge in [0.25, 0.3) is 5.56 Å². The summed E-state index contributed by atoms with van der Waals surface area (Å²) < 4.78 is 52.6. The van der Waals surface area contributed by atoms with Crippen LogP contribution in [-0.2, 0) is 38.0 Å². The van der Waals surface area contributed by atoms with Crippen LogP contribution in [0.4, 0.5) is 0 Å². The van der Waals surface area contributed by atoms with E-state index < -0.39 is 65.7 Å². The number of nitrogens with zero attached hydrogens (tertiary/aromatic N) is 3. The van der Waals surface area contributed by atoms with Gasteiger partial charge in [-0.1, -0.05) is 5.21 Å². The van der Waals surface area contributed by atoms with Crippen LogP contribution in [0.1, 0.15) is 42.9 Å². The lowest BCUT2D eigenvalue weighted by molar-refractivity contribution is -0.0230. The molecule has 8 N–H and O–H groups in total. The third kappa shape index (κ3) is 7.83. The zero-order valence-corrected chi connectivity index (χ0v) is 22.1. The number of aromatic nitrogens is 5. The molecule has 0 aliphatic carbocycles. The summed E-state index contributed by atoms with van der Waals surface area (Å²) >= 11 is 0. The SMILES string of the molecule is CC(C)n1cc(Cc2[nH]c(=O)[nH]c(=O)c2[C@@H]2O[C@H](COP(=O)(O)OP(=O)(O)OP(=O)(O)O)C(O)[C@@H]2O)nn1. The first-order valence-corrected chi connectivity index (χ1v) is 15.0. The summed E-state index contributed by atoms with van der Waals surface area (Å²) in [6.45, 7) is 2.59. The fraction of sp³-hybridized carbons (Fsp3) is 0.600. The van der Waals surface area contributed by atoms with Crippen molar-refractivity contribution >= 4 is 23.5 Å². The molecule has 1 saturated heterocycles. The number of rotatable bonds is 11. The Morgan fingerprint density at radius 2 is 1.71 bits per heavy atom. The predicted octanol–water partition coefficient (Wildman–Crippen LogP) is -1.67. The molecular formula is C15H24N5O15P3. The van der Waals surface area contributed by atoms with Gasteiger partial charge < -0.3 is 39.5 Å². The van der Waals surface area contributed by atoms with Gasteiger partial charge in [0.2, 0.25) is 0 Å². The van der Waals surface area contributed by atoms with Crippen LogP contribution in [0.15, 0.2) is 15.8 Å². The van der Waals surface area contributed by atoms with Crippen LogP contribution in [0.3, 0.4) is 0 Å². The maximum absolute atomic E-state index is 12.6. The lowest BCUT2D eigenvalue weighted by Gasteiger charge is -2.19. The first-order chi connectivity index (χ1) is 17.4. The summed E-state index contributed by atoms with van der Waals surface area (Å²) in [5.41, 5.74) is -1.89. The smallest absolute Gasteiger partial charge is 0.387 e. The Morgan fingerprint density at radius 3 is 2.29 bits per heavy atom. The third-order valence-electron chi connectivity index (χ3n) is 4.97. The highest BCUT2D eigenvalue weighted by Crippen LogP contribution is 2.66. The fourth-order valence-corrected chi connectivity index (χ4v) is 6.44. The summed E-state index contributed by atoms with van der Waals surface area (Å²) in [5.74, 6) is 0. The number of nitrogens with one attached hydrogen (secondary N) is 2. The van der Waals surface area contributed by atoms with E-state index in [9.17, 15) is 43.3 Å². The second-order valence-corrected chi connectivity index (χ2v) is 12.6. The normalized spacial score (nSPS) is 25.4. The van der Waals surface area contributed by atoms with E-state index in [0.717, 1.165) is 0 Å². The fourth-order valence-electron chi connectivity index (χ4n) is 3.41. The quantitative estimate of drug-likeness (QED) is 0.132. The molecule has 3 rings (SSSR count). The maximum Gasteiger partial charge on any atom is 0.490 e. The molecule has 0 saturated carbocycles. The van der Waals surface area contributed by atoms with Crippen LogP contribution in [0, 0.1) is 0 Å².